The predicted octanol–water partition coefficient (Wildman–Crippen LogP) is 3.60. The van der Waals surface area contributed by atoms with Crippen LogP contribution in [-0.4, -0.2) is 91.3 Å². The standard InChI is InChI=1S/C27H42F2N4O2/c1-3-21-17-35-27-25(29)23(28)13-20-11-19(16-33(21)26(20)27)7-10-32(22-5-4-8-30-14-22)15-18-6-9-31-24(12-18)34-2/h6,9,12,19-23,25-27,30H,3-5,7-8,10-11,13-17H2,1-2H3/t19?,20?,21?,22-,23?,25?,26?,27?/m0/s1. The van der Waals surface area contributed by atoms with E-state index in [4.69, 9.17) is 9.47 Å². The number of hydrogen-bond acceptors (Lipinski definition) is 6. The lowest BCUT2D eigenvalue weighted by Crippen LogP contribution is -2.68. The van der Waals surface area contributed by atoms with Gasteiger partial charge in [-0.1, -0.05) is 6.92 Å². The molecule has 3 saturated heterocycles. The molecule has 5 rings (SSSR count). The lowest BCUT2D eigenvalue weighted by Gasteiger charge is -2.57. The molecule has 1 N–H and O–H groups in total. The lowest BCUT2D eigenvalue weighted by molar-refractivity contribution is -0.196. The van der Waals surface area contributed by atoms with Crippen LogP contribution < -0.4 is 10.1 Å². The van der Waals surface area contributed by atoms with Crippen molar-refractivity contribution in [3.8, 4) is 5.88 Å². The molecule has 0 radical (unpaired) electrons. The summed E-state index contributed by atoms with van der Waals surface area (Å²) in [7, 11) is 1.66. The Bertz CT molecular complexity index is 826. The number of hydrogen-bond donors (Lipinski definition) is 1. The van der Waals surface area contributed by atoms with Crippen molar-refractivity contribution in [1.82, 2.24) is 20.1 Å². The van der Waals surface area contributed by atoms with Crippen LogP contribution in [0, 0.1) is 11.8 Å². The van der Waals surface area contributed by atoms with Crippen molar-refractivity contribution in [3.05, 3.63) is 23.9 Å². The summed E-state index contributed by atoms with van der Waals surface area (Å²) in [5.74, 6) is 1.34. The van der Waals surface area contributed by atoms with E-state index in [-0.39, 0.29) is 12.0 Å². The molecule has 0 spiro atoms. The van der Waals surface area contributed by atoms with Crippen molar-refractivity contribution in [3.63, 3.8) is 0 Å². The first kappa shape index (κ1) is 25.3. The van der Waals surface area contributed by atoms with E-state index in [2.05, 4.69) is 33.1 Å². The van der Waals surface area contributed by atoms with Crippen LogP contribution in [-0.2, 0) is 11.3 Å². The highest BCUT2D eigenvalue weighted by atomic mass is 19.2. The average molecular weight is 493 g/mol. The first-order valence-electron chi connectivity index (χ1n) is 13.7. The zero-order valence-corrected chi connectivity index (χ0v) is 21.3. The van der Waals surface area contributed by atoms with Gasteiger partial charge >= 0.3 is 0 Å². The molecule has 4 heterocycles. The SMILES string of the molecule is CCC1COC2C(F)C(F)CC3CC(CCN(Cc4ccnc(OC)c4)[C@H]4CCCNC4)CN1C32. The van der Waals surface area contributed by atoms with Gasteiger partial charge in [0.25, 0.3) is 0 Å². The monoisotopic (exact) mass is 492 g/mol. The summed E-state index contributed by atoms with van der Waals surface area (Å²) >= 11 is 0. The van der Waals surface area contributed by atoms with Gasteiger partial charge in [0.05, 0.1) is 13.7 Å². The maximum Gasteiger partial charge on any atom is 0.213 e. The number of piperidine rings is 2. The fraction of sp³-hybridized carbons (Fsp3) is 0.815. The number of nitrogens with zero attached hydrogens (tertiary/aromatic N) is 3. The maximum atomic E-state index is 14.7. The number of methoxy groups -OCH3 is 1. The minimum Gasteiger partial charge on any atom is -0.481 e. The van der Waals surface area contributed by atoms with Gasteiger partial charge in [0, 0.05) is 50.0 Å². The molecule has 0 amide bonds. The number of rotatable bonds is 8. The molecular weight excluding hydrogens is 450 g/mol. The summed E-state index contributed by atoms with van der Waals surface area (Å²) in [4.78, 5) is 9.38. The average Bonchev–Trinajstić information content (AvgIpc) is 2.90. The summed E-state index contributed by atoms with van der Waals surface area (Å²) in [6.07, 6.45) is 4.12. The molecule has 1 aromatic rings. The molecular formula is C27H42F2N4O2. The van der Waals surface area contributed by atoms with Gasteiger partial charge in [0.15, 0.2) is 6.17 Å². The van der Waals surface area contributed by atoms with Crippen LogP contribution in [0.15, 0.2) is 18.3 Å². The minimum atomic E-state index is -1.49. The number of halogens is 2. The molecule has 35 heavy (non-hydrogen) atoms. The van der Waals surface area contributed by atoms with Crippen molar-refractivity contribution in [2.45, 2.75) is 88.6 Å². The van der Waals surface area contributed by atoms with Crippen molar-refractivity contribution < 1.29 is 18.3 Å². The van der Waals surface area contributed by atoms with Crippen molar-refractivity contribution in [2.75, 3.05) is 39.9 Å². The fourth-order valence-electron chi connectivity index (χ4n) is 7.08. The Morgan fingerprint density at radius 1 is 1.31 bits per heavy atom. The first-order chi connectivity index (χ1) is 17.1. The third-order valence-electron chi connectivity index (χ3n) is 8.92. The van der Waals surface area contributed by atoms with Crippen LogP contribution in [0.3, 0.4) is 0 Å². The highest BCUT2D eigenvalue weighted by molar-refractivity contribution is 5.20. The van der Waals surface area contributed by atoms with E-state index >= 15 is 0 Å². The number of pyridine rings is 1. The van der Waals surface area contributed by atoms with E-state index in [1.807, 2.05) is 12.3 Å². The molecule has 1 saturated carbocycles. The van der Waals surface area contributed by atoms with E-state index in [1.54, 1.807) is 7.11 Å². The lowest BCUT2D eigenvalue weighted by atomic mass is 9.70. The Balaban J connectivity index is 1.28. The van der Waals surface area contributed by atoms with E-state index in [0.29, 0.717) is 36.9 Å². The number of nitrogens with one attached hydrogen (secondary N) is 1. The van der Waals surface area contributed by atoms with Crippen LogP contribution in [0.5, 0.6) is 5.88 Å². The summed E-state index contributed by atoms with van der Waals surface area (Å²) in [6, 6.07) is 4.97. The first-order valence-corrected chi connectivity index (χ1v) is 13.7. The second-order valence-corrected chi connectivity index (χ2v) is 11.1. The second-order valence-electron chi connectivity index (χ2n) is 11.1. The molecule has 8 atom stereocenters. The zero-order chi connectivity index (χ0) is 24.4. The van der Waals surface area contributed by atoms with Crippen molar-refractivity contribution >= 4 is 0 Å². The van der Waals surface area contributed by atoms with E-state index in [9.17, 15) is 8.78 Å². The molecule has 1 aromatic heterocycles. The third kappa shape index (κ3) is 5.50. The molecule has 0 bridgehead atoms. The van der Waals surface area contributed by atoms with E-state index < -0.39 is 18.4 Å². The van der Waals surface area contributed by atoms with Gasteiger partial charge in [-0.3, -0.25) is 9.80 Å². The Hall–Kier alpha value is -1.35. The third-order valence-corrected chi connectivity index (χ3v) is 8.92. The number of aromatic nitrogens is 1. The number of alkyl halides is 2. The van der Waals surface area contributed by atoms with Crippen LogP contribution in [0.4, 0.5) is 8.78 Å². The molecule has 4 aliphatic rings. The molecule has 0 aromatic carbocycles. The topological polar surface area (TPSA) is 49.9 Å². The number of ether oxygens (including phenoxy) is 2. The van der Waals surface area contributed by atoms with Gasteiger partial charge in [-0.15, -0.1) is 0 Å². The zero-order valence-electron chi connectivity index (χ0n) is 21.3. The van der Waals surface area contributed by atoms with Gasteiger partial charge in [-0.05, 0) is 75.1 Å². The summed E-state index contributed by atoms with van der Waals surface area (Å²) in [5.41, 5.74) is 1.22. The highest BCUT2D eigenvalue weighted by Gasteiger charge is 2.54. The molecule has 196 valence electrons. The maximum absolute atomic E-state index is 14.7. The Morgan fingerprint density at radius 2 is 2.20 bits per heavy atom. The molecule has 7 unspecified atom stereocenters. The van der Waals surface area contributed by atoms with Crippen molar-refractivity contribution in [2.24, 2.45) is 11.8 Å². The quantitative estimate of drug-likeness (QED) is 0.599. The second kappa shape index (κ2) is 11.4. The molecule has 6 nitrogen and oxygen atoms in total. The van der Waals surface area contributed by atoms with Crippen LogP contribution in [0.1, 0.15) is 51.0 Å². The van der Waals surface area contributed by atoms with Crippen LogP contribution in [0.2, 0.25) is 0 Å². The fourth-order valence-corrected chi connectivity index (χ4v) is 7.08. The van der Waals surface area contributed by atoms with Crippen LogP contribution >= 0.6 is 0 Å². The molecule has 8 heteroatoms. The largest absolute Gasteiger partial charge is 0.481 e. The van der Waals surface area contributed by atoms with E-state index in [1.165, 1.54) is 18.4 Å². The minimum absolute atomic E-state index is 0.0369. The number of morpholine rings is 1. The molecule has 3 aliphatic heterocycles. The van der Waals surface area contributed by atoms with Gasteiger partial charge in [0.2, 0.25) is 5.88 Å². The van der Waals surface area contributed by atoms with Crippen LogP contribution in [0.25, 0.3) is 0 Å². The summed E-state index contributed by atoms with van der Waals surface area (Å²) in [6.45, 7) is 7.67. The van der Waals surface area contributed by atoms with Gasteiger partial charge in [-0.25, -0.2) is 13.8 Å². The van der Waals surface area contributed by atoms with Crippen molar-refractivity contribution in [1.29, 1.82) is 0 Å². The van der Waals surface area contributed by atoms with Gasteiger partial charge in [-0.2, -0.15) is 0 Å². The smallest absolute Gasteiger partial charge is 0.213 e. The molecule has 4 fully saturated rings. The predicted molar refractivity (Wildman–Crippen MR) is 132 cm³/mol. The van der Waals surface area contributed by atoms with E-state index in [0.717, 1.165) is 52.0 Å². The Labute approximate surface area is 208 Å². The van der Waals surface area contributed by atoms with Gasteiger partial charge in [0.1, 0.15) is 12.3 Å². The highest BCUT2D eigenvalue weighted by Crippen LogP contribution is 2.45. The normalized spacial score (nSPS) is 37.7. The molecule has 1 aliphatic carbocycles. The summed E-state index contributed by atoms with van der Waals surface area (Å²) < 4.78 is 40.6. The Morgan fingerprint density at radius 3 is 2.97 bits per heavy atom. The summed E-state index contributed by atoms with van der Waals surface area (Å²) in [5, 5.41) is 3.57. The Kier molecular flexibility index (Phi) is 8.22. The van der Waals surface area contributed by atoms with Gasteiger partial charge < -0.3 is 14.8 Å².